The fraction of sp³-hybridized carbons (Fsp3) is 0.111. The predicted octanol–water partition coefficient (Wildman–Crippen LogP) is -0.167. The Balaban J connectivity index is 2.66. The van der Waals surface area contributed by atoms with E-state index < -0.39 is 0 Å². The lowest BCUT2D eigenvalue weighted by molar-refractivity contribution is -0.103. The minimum atomic E-state index is 0.0221. The number of carbonyl (C=O) groups is 1. The Kier molecular flexibility index (Phi) is 3.63. The monoisotopic (exact) mass is 192 g/mol. The summed E-state index contributed by atoms with van der Waals surface area (Å²) in [5, 5.41) is 4.45. The molecule has 0 amide bonds. The number of nitrogens with zero attached hydrogens (tertiary/aromatic N) is 2. The number of hydrogen-bond donors (Lipinski definition) is 2. The maximum Gasteiger partial charge on any atom is 0.202 e. The number of hydrazone groups is 1. The summed E-state index contributed by atoms with van der Waals surface area (Å²) in [6.07, 6.45) is 0.517. The smallest absolute Gasteiger partial charge is 0.202 e. The van der Waals surface area contributed by atoms with E-state index in [1.807, 2.05) is 30.3 Å². The molecule has 0 spiro atoms. The molecule has 0 saturated heterocycles. The first-order chi connectivity index (χ1) is 6.77. The molecule has 74 valence electrons. The molecule has 0 atom stereocenters. The summed E-state index contributed by atoms with van der Waals surface area (Å²) in [4.78, 5) is 10.4. The van der Waals surface area contributed by atoms with E-state index in [9.17, 15) is 4.79 Å². The van der Waals surface area contributed by atoms with Crippen LogP contribution in [0.15, 0.2) is 35.4 Å². The van der Waals surface area contributed by atoms with Crippen molar-refractivity contribution in [3.05, 3.63) is 35.9 Å². The molecule has 1 aromatic rings. The summed E-state index contributed by atoms with van der Waals surface area (Å²) in [5.74, 6) is 10.6. The van der Waals surface area contributed by atoms with Crippen LogP contribution >= 0.6 is 0 Å². The molecule has 5 heteroatoms. The van der Waals surface area contributed by atoms with Crippen LogP contribution in [0.4, 0.5) is 0 Å². The van der Waals surface area contributed by atoms with Gasteiger partial charge in [-0.2, -0.15) is 5.10 Å². The van der Waals surface area contributed by atoms with Crippen LogP contribution in [0.3, 0.4) is 0 Å². The van der Waals surface area contributed by atoms with Crippen molar-refractivity contribution >= 4 is 12.1 Å². The van der Waals surface area contributed by atoms with Crippen LogP contribution in [-0.2, 0) is 11.3 Å². The summed E-state index contributed by atoms with van der Waals surface area (Å²) in [6.45, 7) is 0.398. The van der Waals surface area contributed by atoms with Crippen LogP contribution in [0.1, 0.15) is 5.56 Å². The molecule has 0 radical (unpaired) electrons. The van der Waals surface area contributed by atoms with Gasteiger partial charge in [0.1, 0.15) is 0 Å². The van der Waals surface area contributed by atoms with Gasteiger partial charge < -0.3 is 5.84 Å². The standard InChI is InChI=1S/C9H12N4O/c10-12-9(7-14)13(11)6-8-4-2-1-3-5-8/h1-5,7H,6,10-11H2/b12-9-. The van der Waals surface area contributed by atoms with E-state index in [2.05, 4.69) is 5.10 Å². The largest absolute Gasteiger partial charge is 0.321 e. The molecule has 1 rings (SSSR count). The highest BCUT2D eigenvalue weighted by atomic mass is 16.1. The third kappa shape index (κ3) is 2.56. The van der Waals surface area contributed by atoms with Crippen LogP contribution in [0.5, 0.6) is 0 Å². The van der Waals surface area contributed by atoms with Gasteiger partial charge >= 0.3 is 0 Å². The molecular formula is C9H12N4O. The minimum Gasteiger partial charge on any atom is -0.321 e. The second-order valence-electron chi connectivity index (χ2n) is 2.72. The highest BCUT2D eigenvalue weighted by Gasteiger charge is 2.05. The summed E-state index contributed by atoms with van der Waals surface area (Å²) in [6, 6.07) is 9.49. The zero-order valence-corrected chi connectivity index (χ0v) is 7.63. The Morgan fingerprint density at radius 1 is 1.43 bits per heavy atom. The summed E-state index contributed by atoms with van der Waals surface area (Å²) in [7, 11) is 0. The van der Waals surface area contributed by atoms with Gasteiger partial charge in [0.2, 0.25) is 5.84 Å². The second kappa shape index (κ2) is 4.98. The van der Waals surface area contributed by atoms with E-state index in [4.69, 9.17) is 11.7 Å². The number of rotatable bonds is 3. The van der Waals surface area contributed by atoms with Crippen molar-refractivity contribution in [3.63, 3.8) is 0 Å². The first kappa shape index (κ1) is 10.2. The molecule has 0 fully saturated rings. The normalized spacial score (nSPS) is 11.1. The highest BCUT2D eigenvalue weighted by molar-refractivity contribution is 6.26. The maximum atomic E-state index is 10.4. The van der Waals surface area contributed by atoms with Crippen LogP contribution in [0.2, 0.25) is 0 Å². The van der Waals surface area contributed by atoms with Crippen molar-refractivity contribution in [1.82, 2.24) is 5.01 Å². The van der Waals surface area contributed by atoms with Gasteiger partial charge in [0.15, 0.2) is 6.29 Å². The number of benzene rings is 1. The number of carbonyl (C=O) groups excluding carboxylic acids is 1. The Morgan fingerprint density at radius 3 is 2.57 bits per heavy atom. The topological polar surface area (TPSA) is 84.7 Å². The fourth-order valence-electron chi connectivity index (χ4n) is 1.03. The Labute approximate surface area is 82.0 Å². The molecule has 0 aliphatic heterocycles. The summed E-state index contributed by atoms with van der Waals surface area (Å²) < 4.78 is 0. The lowest BCUT2D eigenvalue weighted by Gasteiger charge is -2.15. The van der Waals surface area contributed by atoms with E-state index >= 15 is 0 Å². The molecule has 0 aliphatic rings. The third-order valence-corrected chi connectivity index (χ3v) is 1.73. The number of amidine groups is 1. The molecule has 0 unspecified atom stereocenters. The van der Waals surface area contributed by atoms with E-state index in [-0.39, 0.29) is 5.84 Å². The molecule has 14 heavy (non-hydrogen) atoms. The first-order valence-corrected chi connectivity index (χ1v) is 4.07. The lowest BCUT2D eigenvalue weighted by atomic mass is 10.2. The van der Waals surface area contributed by atoms with Crippen molar-refractivity contribution in [2.24, 2.45) is 16.8 Å². The average Bonchev–Trinajstić information content (AvgIpc) is 2.21. The molecule has 0 saturated carbocycles. The molecule has 0 aromatic heterocycles. The van der Waals surface area contributed by atoms with Crippen molar-refractivity contribution in [2.75, 3.05) is 0 Å². The van der Waals surface area contributed by atoms with Crippen LogP contribution in [0.25, 0.3) is 0 Å². The van der Waals surface area contributed by atoms with Gasteiger partial charge in [-0.3, -0.25) is 9.80 Å². The molecule has 4 N–H and O–H groups in total. The summed E-state index contributed by atoms with van der Waals surface area (Å²) >= 11 is 0. The van der Waals surface area contributed by atoms with Crippen molar-refractivity contribution in [1.29, 1.82) is 0 Å². The van der Waals surface area contributed by atoms with Gasteiger partial charge in [0, 0.05) is 0 Å². The average molecular weight is 192 g/mol. The lowest BCUT2D eigenvalue weighted by Crippen LogP contribution is -2.38. The van der Waals surface area contributed by atoms with E-state index in [1.165, 1.54) is 5.01 Å². The molecule has 0 aliphatic carbocycles. The zero-order chi connectivity index (χ0) is 10.4. The highest BCUT2D eigenvalue weighted by Crippen LogP contribution is 2.00. The Hall–Kier alpha value is -1.88. The second-order valence-corrected chi connectivity index (χ2v) is 2.72. The van der Waals surface area contributed by atoms with E-state index in [0.717, 1.165) is 5.56 Å². The Bertz CT molecular complexity index is 323. The van der Waals surface area contributed by atoms with Crippen LogP contribution < -0.4 is 11.7 Å². The molecule has 1 aromatic carbocycles. The number of nitrogens with two attached hydrogens (primary N) is 2. The zero-order valence-electron chi connectivity index (χ0n) is 7.63. The van der Waals surface area contributed by atoms with Gasteiger partial charge in [0.25, 0.3) is 0 Å². The number of aldehydes is 1. The van der Waals surface area contributed by atoms with Crippen molar-refractivity contribution in [2.45, 2.75) is 6.54 Å². The van der Waals surface area contributed by atoms with Gasteiger partial charge in [-0.1, -0.05) is 30.3 Å². The first-order valence-electron chi connectivity index (χ1n) is 4.07. The van der Waals surface area contributed by atoms with Gasteiger partial charge in [-0.25, -0.2) is 5.84 Å². The fourth-order valence-corrected chi connectivity index (χ4v) is 1.03. The number of hydrazine groups is 1. The van der Waals surface area contributed by atoms with E-state index in [0.29, 0.717) is 12.8 Å². The van der Waals surface area contributed by atoms with E-state index in [1.54, 1.807) is 0 Å². The molecular weight excluding hydrogens is 180 g/mol. The minimum absolute atomic E-state index is 0.0221. The molecule has 0 bridgehead atoms. The predicted molar refractivity (Wildman–Crippen MR) is 53.9 cm³/mol. The van der Waals surface area contributed by atoms with Gasteiger partial charge in [0.05, 0.1) is 6.54 Å². The molecule has 0 heterocycles. The van der Waals surface area contributed by atoms with Crippen molar-refractivity contribution in [3.8, 4) is 0 Å². The molecule has 5 nitrogen and oxygen atoms in total. The third-order valence-electron chi connectivity index (χ3n) is 1.73. The number of hydrogen-bond acceptors (Lipinski definition) is 4. The van der Waals surface area contributed by atoms with Gasteiger partial charge in [-0.15, -0.1) is 0 Å². The SMILES string of the molecule is N/N=C(/C=O)N(N)Cc1ccccc1. The van der Waals surface area contributed by atoms with Gasteiger partial charge in [-0.05, 0) is 5.56 Å². The summed E-state index contributed by atoms with van der Waals surface area (Å²) in [5.41, 5.74) is 0.984. The van der Waals surface area contributed by atoms with Crippen LogP contribution in [0, 0.1) is 0 Å². The van der Waals surface area contributed by atoms with Crippen molar-refractivity contribution < 1.29 is 4.79 Å². The quantitative estimate of drug-likeness (QED) is 0.229. The Morgan fingerprint density at radius 2 is 2.07 bits per heavy atom. The maximum absolute atomic E-state index is 10.4. The van der Waals surface area contributed by atoms with Crippen LogP contribution in [-0.4, -0.2) is 17.1 Å².